The predicted molar refractivity (Wildman–Crippen MR) is 93.8 cm³/mol. The van der Waals surface area contributed by atoms with Crippen LogP contribution in [0.1, 0.15) is 11.3 Å². The quantitative estimate of drug-likeness (QED) is 0.923. The van der Waals surface area contributed by atoms with Gasteiger partial charge in [0.25, 0.3) is 0 Å². The van der Waals surface area contributed by atoms with Crippen molar-refractivity contribution < 1.29 is 14.3 Å². The zero-order chi connectivity index (χ0) is 17.6. The van der Waals surface area contributed by atoms with Crippen molar-refractivity contribution in [2.24, 2.45) is 0 Å². The van der Waals surface area contributed by atoms with Crippen molar-refractivity contribution in [2.45, 2.75) is 20.0 Å². The second-order valence-corrected chi connectivity index (χ2v) is 6.02. The highest BCUT2D eigenvalue weighted by Gasteiger charge is 2.25. The van der Waals surface area contributed by atoms with E-state index in [-0.39, 0.29) is 12.1 Å². The first-order chi connectivity index (χ1) is 12.1. The number of anilines is 1. The Kier molecular flexibility index (Phi) is 5.45. The number of carbonyl (C=O) groups excluding carboxylic acids is 1. The fraction of sp³-hybridized carbons (Fsp3) is 0.389. The molecule has 3 rings (SSSR count). The maximum atomic E-state index is 12.5. The molecule has 0 saturated carbocycles. The maximum absolute atomic E-state index is 12.5. The molecule has 1 aliphatic heterocycles. The number of hydrogen-bond donors (Lipinski definition) is 1. The zero-order valence-electron chi connectivity index (χ0n) is 14.4. The summed E-state index contributed by atoms with van der Waals surface area (Å²) >= 11 is 0. The molecule has 0 spiro atoms. The smallest absolute Gasteiger partial charge is 0.323 e. The van der Waals surface area contributed by atoms with Crippen molar-refractivity contribution in [3.63, 3.8) is 0 Å². The van der Waals surface area contributed by atoms with Crippen molar-refractivity contribution in [1.82, 2.24) is 14.9 Å². The van der Waals surface area contributed by atoms with E-state index in [1.807, 2.05) is 38.1 Å². The Balaban J connectivity index is 1.54. The van der Waals surface area contributed by atoms with Crippen LogP contribution >= 0.6 is 0 Å². The highest BCUT2D eigenvalue weighted by molar-refractivity contribution is 5.88. The van der Waals surface area contributed by atoms with E-state index >= 15 is 0 Å². The number of morpholine rings is 1. The number of nitrogens with one attached hydrogen (secondary N) is 1. The summed E-state index contributed by atoms with van der Waals surface area (Å²) in [6.07, 6.45) is 1.49. The lowest BCUT2D eigenvalue weighted by Crippen LogP contribution is -2.49. The lowest BCUT2D eigenvalue weighted by molar-refractivity contribution is -0.0343. The molecule has 25 heavy (non-hydrogen) atoms. The number of hydrogen-bond acceptors (Lipinski definition) is 5. The molecule has 1 unspecified atom stereocenters. The Labute approximate surface area is 147 Å². The molecule has 2 amide bonds. The number of rotatable bonds is 4. The third-order valence-electron chi connectivity index (χ3n) is 3.81. The van der Waals surface area contributed by atoms with Crippen LogP contribution < -0.4 is 10.1 Å². The van der Waals surface area contributed by atoms with Gasteiger partial charge >= 0.3 is 6.03 Å². The molecule has 7 nitrogen and oxygen atoms in total. The first-order valence-corrected chi connectivity index (χ1v) is 8.27. The van der Waals surface area contributed by atoms with E-state index < -0.39 is 0 Å². The second-order valence-electron chi connectivity index (χ2n) is 6.02. The summed E-state index contributed by atoms with van der Waals surface area (Å²) in [7, 11) is 0. The van der Waals surface area contributed by atoms with Crippen molar-refractivity contribution in [1.29, 1.82) is 0 Å². The van der Waals surface area contributed by atoms with E-state index in [9.17, 15) is 4.79 Å². The van der Waals surface area contributed by atoms with Gasteiger partial charge in [0.05, 0.1) is 13.2 Å². The normalized spacial score (nSPS) is 17.2. The number of nitrogens with zero attached hydrogens (tertiary/aromatic N) is 3. The molecular formula is C18H22N4O3. The van der Waals surface area contributed by atoms with Crippen LogP contribution in [0.25, 0.3) is 0 Å². The predicted octanol–water partition coefficient (Wildman–Crippen LogP) is 2.41. The number of pyridine rings is 2. The first kappa shape index (κ1) is 17.2. The van der Waals surface area contributed by atoms with Gasteiger partial charge in [-0.15, -0.1) is 0 Å². The molecule has 0 aromatic carbocycles. The van der Waals surface area contributed by atoms with E-state index in [0.717, 1.165) is 11.3 Å². The highest BCUT2D eigenvalue weighted by atomic mass is 16.5. The van der Waals surface area contributed by atoms with Crippen LogP contribution in [0, 0.1) is 13.8 Å². The Hall–Kier alpha value is -2.67. The minimum Gasteiger partial charge on any atom is -0.475 e. The summed E-state index contributed by atoms with van der Waals surface area (Å²) < 4.78 is 11.3. The first-order valence-electron chi connectivity index (χ1n) is 8.27. The highest BCUT2D eigenvalue weighted by Crippen LogP contribution is 2.13. The largest absolute Gasteiger partial charge is 0.475 e. The number of amides is 2. The van der Waals surface area contributed by atoms with Gasteiger partial charge in [-0.3, -0.25) is 5.32 Å². The third kappa shape index (κ3) is 4.90. The Morgan fingerprint density at radius 2 is 2.28 bits per heavy atom. The van der Waals surface area contributed by atoms with Crippen molar-refractivity contribution in [3.8, 4) is 5.88 Å². The average Bonchev–Trinajstić information content (AvgIpc) is 2.60. The number of aromatic nitrogens is 2. The van der Waals surface area contributed by atoms with Crippen LogP contribution in [0.4, 0.5) is 10.6 Å². The molecule has 3 heterocycles. The fourth-order valence-electron chi connectivity index (χ4n) is 2.71. The standard InChI is InChI=1S/C18H22N4O3/c1-13-9-14(2)20-16(10-13)21-18(23)22-7-8-24-15(11-22)12-25-17-5-3-4-6-19-17/h3-6,9-10,15H,7-8,11-12H2,1-2H3,(H,20,21,23). The monoisotopic (exact) mass is 342 g/mol. The number of ether oxygens (including phenoxy) is 2. The van der Waals surface area contributed by atoms with Gasteiger partial charge in [-0.2, -0.15) is 0 Å². The van der Waals surface area contributed by atoms with E-state index in [1.54, 1.807) is 17.2 Å². The maximum Gasteiger partial charge on any atom is 0.323 e. The molecule has 7 heteroatoms. The minimum absolute atomic E-state index is 0.177. The lowest BCUT2D eigenvalue weighted by atomic mass is 10.2. The molecule has 0 bridgehead atoms. The molecule has 2 aromatic rings. The molecule has 132 valence electrons. The summed E-state index contributed by atoms with van der Waals surface area (Å²) in [5.41, 5.74) is 1.94. The van der Waals surface area contributed by atoms with E-state index in [4.69, 9.17) is 9.47 Å². The van der Waals surface area contributed by atoms with Gasteiger partial charge in [0, 0.05) is 24.5 Å². The van der Waals surface area contributed by atoms with Crippen LogP contribution in [0.15, 0.2) is 36.5 Å². The van der Waals surface area contributed by atoms with Crippen LogP contribution in [0.3, 0.4) is 0 Å². The van der Waals surface area contributed by atoms with Crippen LogP contribution in [-0.4, -0.2) is 53.3 Å². The van der Waals surface area contributed by atoms with E-state index in [0.29, 0.717) is 38.0 Å². The van der Waals surface area contributed by atoms with Crippen LogP contribution in [0.5, 0.6) is 5.88 Å². The zero-order valence-corrected chi connectivity index (χ0v) is 14.4. The SMILES string of the molecule is Cc1cc(C)nc(NC(=O)N2CCOC(COc3ccccn3)C2)c1. The van der Waals surface area contributed by atoms with Crippen LogP contribution in [0.2, 0.25) is 0 Å². The molecule has 0 aliphatic carbocycles. The summed E-state index contributed by atoms with van der Waals surface area (Å²) in [6, 6.07) is 9.13. The lowest BCUT2D eigenvalue weighted by Gasteiger charge is -2.32. The molecule has 1 fully saturated rings. The summed E-state index contributed by atoms with van der Waals surface area (Å²) in [5, 5.41) is 2.85. The van der Waals surface area contributed by atoms with Gasteiger partial charge in [-0.25, -0.2) is 14.8 Å². The van der Waals surface area contributed by atoms with Crippen molar-refractivity contribution >= 4 is 11.8 Å². The Morgan fingerprint density at radius 1 is 1.40 bits per heavy atom. The Morgan fingerprint density at radius 3 is 3.04 bits per heavy atom. The van der Waals surface area contributed by atoms with Gasteiger partial charge in [0.15, 0.2) is 0 Å². The second kappa shape index (κ2) is 7.94. The summed E-state index contributed by atoms with van der Waals surface area (Å²) in [6.45, 7) is 5.71. The number of carbonyl (C=O) groups is 1. The average molecular weight is 342 g/mol. The van der Waals surface area contributed by atoms with Gasteiger partial charge in [0.1, 0.15) is 18.5 Å². The topological polar surface area (TPSA) is 76.6 Å². The molecule has 2 aromatic heterocycles. The molecule has 1 aliphatic rings. The Bertz CT molecular complexity index is 703. The number of aryl methyl sites for hydroxylation is 2. The molecular weight excluding hydrogens is 320 g/mol. The van der Waals surface area contributed by atoms with Gasteiger partial charge < -0.3 is 14.4 Å². The minimum atomic E-state index is -0.186. The summed E-state index contributed by atoms with van der Waals surface area (Å²) in [5.74, 6) is 1.11. The van der Waals surface area contributed by atoms with E-state index in [2.05, 4.69) is 15.3 Å². The van der Waals surface area contributed by atoms with Crippen molar-refractivity contribution in [3.05, 3.63) is 47.8 Å². The fourth-order valence-corrected chi connectivity index (χ4v) is 2.71. The number of urea groups is 1. The molecule has 1 atom stereocenters. The van der Waals surface area contributed by atoms with E-state index in [1.165, 1.54) is 0 Å². The molecule has 0 radical (unpaired) electrons. The van der Waals surface area contributed by atoms with Gasteiger partial charge in [-0.1, -0.05) is 6.07 Å². The van der Waals surface area contributed by atoms with Crippen molar-refractivity contribution in [2.75, 3.05) is 31.6 Å². The van der Waals surface area contributed by atoms with Crippen LogP contribution in [-0.2, 0) is 4.74 Å². The molecule has 1 saturated heterocycles. The van der Waals surface area contributed by atoms with Gasteiger partial charge in [-0.05, 0) is 37.6 Å². The summed E-state index contributed by atoms with van der Waals surface area (Å²) in [4.78, 5) is 22.6. The molecule has 1 N–H and O–H groups in total. The third-order valence-corrected chi connectivity index (χ3v) is 3.81. The van der Waals surface area contributed by atoms with Gasteiger partial charge in [0.2, 0.25) is 5.88 Å².